The minimum Gasteiger partial charge on any atom is -0.324 e. The monoisotopic (exact) mass is 249 g/mol. The Morgan fingerprint density at radius 3 is 2.53 bits per heavy atom. The number of hydrogen-bond acceptors (Lipinski definition) is 1. The third kappa shape index (κ3) is 3.07. The first-order valence-electron chi connectivity index (χ1n) is 4.96. The molecule has 1 rings (SSSR count). The highest BCUT2D eigenvalue weighted by atomic mass is 35.5. The summed E-state index contributed by atoms with van der Waals surface area (Å²) in [6, 6.07) is 2.64. The fourth-order valence-electron chi connectivity index (χ4n) is 1.45. The van der Waals surface area contributed by atoms with Crippen LogP contribution in [-0.2, 0) is 0 Å². The molecule has 0 saturated heterocycles. The number of halogens is 3. The zero-order chi connectivity index (χ0) is 11.4. The third-order valence-electron chi connectivity index (χ3n) is 2.32. The molecular weight excluding hydrogens is 236 g/mol. The standard InChI is InChI=1S/C11H14Cl2FN/c1-2-3-4-9(15)10-7(12)5-6-8(13)11(10)14/h5-6,9H,2-4,15H2,1H3/t9-/m0/s1. The van der Waals surface area contributed by atoms with Gasteiger partial charge in [-0.3, -0.25) is 0 Å². The minimum atomic E-state index is -0.493. The van der Waals surface area contributed by atoms with E-state index in [2.05, 4.69) is 6.92 Å². The maximum absolute atomic E-state index is 13.6. The van der Waals surface area contributed by atoms with Crippen LogP contribution in [0.2, 0.25) is 10.0 Å². The first-order chi connectivity index (χ1) is 7.07. The van der Waals surface area contributed by atoms with Crippen molar-refractivity contribution in [3.63, 3.8) is 0 Å². The molecule has 0 unspecified atom stereocenters. The van der Waals surface area contributed by atoms with E-state index in [1.54, 1.807) is 6.07 Å². The maximum Gasteiger partial charge on any atom is 0.148 e. The fraction of sp³-hybridized carbons (Fsp3) is 0.455. The molecule has 1 aromatic rings. The van der Waals surface area contributed by atoms with Crippen molar-refractivity contribution in [2.45, 2.75) is 32.2 Å². The van der Waals surface area contributed by atoms with Crippen LogP contribution in [-0.4, -0.2) is 0 Å². The summed E-state index contributed by atoms with van der Waals surface area (Å²) in [5, 5.41) is 0.418. The summed E-state index contributed by atoms with van der Waals surface area (Å²) in [7, 11) is 0. The molecule has 0 aliphatic carbocycles. The van der Waals surface area contributed by atoms with E-state index in [-0.39, 0.29) is 11.1 Å². The van der Waals surface area contributed by atoms with Gasteiger partial charge in [-0.05, 0) is 18.6 Å². The number of benzene rings is 1. The minimum absolute atomic E-state index is 0.0707. The fourth-order valence-corrected chi connectivity index (χ4v) is 1.90. The predicted molar refractivity (Wildman–Crippen MR) is 62.9 cm³/mol. The van der Waals surface area contributed by atoms with Crippen molar-refractivity contribution in [1.82, 2.24) is 0 Å². The van der Waals surface area contributed by atoms with Gasteiger partial charge in [0.1, 0.15) is 5.82 Å². The molecule has 0 aliphatic rings. The molecule has 0 aliphatic heterocycles. The van der Waals surface area contributed by atoms with Crippen molar-refractivity contribution in [2.75, 3.05) is 0 Å². The van der Waals surface area contributed by atoms with E-state index in [1.165, 1.54) is 6.07 Å². The molecule has 0 aromatic heterocycles. The molecule has 0 radical (unpaired) electrons. The van der Waals surface area contributed by atoms with Crippen LogP contribution in [0.3, 0.4) is 0 Å². The molecule has 0 heterocycles. The molecule has 2 N–H and O–H groups in total. The van der Waals surface area contributed by atoms with Gasteiger partial charge in [0.15, 0.2) is 0 Å². The third-order valence-corrected chi connectivity index (χ3v) is 2.94. The Bertz CT molecular complexity index is 342. The molecule has 0 spiro atoms. The van der Waals surface area contributed by atoms with E-state index < -0.39 is 5.82 Å². The lowest BCUT2D eigenvalue weighted by Gasteiger charge is -2.14. The topological polar surface area (TPSA) is 26.0 Å². The lowest BCUT2D eigenvalue weighted by Crippen LogP contribution is -2.13. The summed E-state index contributed by atoms with van der Waals surface area (Å²) < 4.78 is 13.6. The average molecular weight is 250 g/mol. The van der Waals surface area contributed by atoms with E-state index in [0.717, 1.165) is 12.8 Å². The Labute approximate surface area is 99.4 Å². The van der Waals surface area contributed by atoms with Crippen molar-refractivity contribution < 1.29 is 4.39 Å². The van der Waals surface area contributed by atoms with Crippen LogP contribution in [0.5, 0.6) is 0 Å². The lowest BCUT2D eigenvalue weighted by atomic mass is 10.0. The van der Waals surface area contributed by atoms with Crippen molar-refractivity contribution in [3.8, 4) is 0 Å². The Kier molecular flexibility index (Phi) is 4.84. The van der Waals surface area contributed by atoms with Crippen molar-refractivity contribution in [3.05, 3.63) is 33.6 Å². The van der Waals surface area contributed by atoms with Gasteiger partial charge in [0.05, 0.1) is 5.02 Å². The molecule has 84 valence electrons. The molecular formula is C11H14Cl2FN. The molecule has 0 saturated carbocycles. The van der Waals surface area contributed by atoms with Gasteiger partial charge in [0.25, 0.3) is 0 Å². The highest BCUT2D eigenvalue weighted by Crippen LogP contribution is 2.31. The summed E-state index contributed by atoms with van der Waals surface area (Å²) in [6.07, 6.45) is 2.68. The Hall–Kier alpha value is -0.310. The first kappa shape index (κ1) is 12.8. The second-order valence-electron chi connectivity index (χ2n) is 3.51. The largest absolute Gasteiger partial charge is 0.324 e. The SMILES string of the molecule is CCCC[C@H](N)c1c(Cl)ccc(Cl)c1F. The van der Waals surface area contributed by atoms with Gasteiger partial charge in [0, 0.05) is 16.6 Å². The number of rotatable bonds is 4. The first-order valence-corrected chi connectivity index (χ1v) is 5.72. The van der Waals surface area contributed by atoms with Gasteiger partial charge < -0.3 is 5.73 Å². The van der Waals surface area contributed by atoms with Crippen molar-refractivity contribution in [2.24, 2.45) is 5.73 Å². The average Bonchev–Trinajstić information content (AvgIpc) is 2.21. The van der Waals surface area contributed by atoms with Gasteiger partial charge in [-0.25, -0.2) is 4.39 Å². The van der Waals surface area contributed by atoms with Crippen LogP contribution in [0.4, 0.5) is 4.39 Å². The Morgan fingerprint density at radius 1 is 1.33 bits per heavy atom. The van der Waals surface area contributed by atoms with Crippen LogP contribution in [0, 0.1) is 5.82 Å². The van der Waals surface area contributed by atoms with Crippen molar-refractivity contribution >= 4 is 23.2 Å². The van der Waals surface area contributed by atoms with Gasteiger partial charge in [0.2, 0.25) is 0 Å². The molecule has 1 aromatic carbocycles. The summed E-state index contributed by atoms with van der Waals surface area (Å²) >= 11 is 11.6. The number of unbranched alkanes of at least 4 members (excludes halogenated alkanes) is 1. The molecule has 4 heteroatoms. The Balaban J connectivity index is 2.96. The van der Waals surface area contributed by atoms with Gasteiger partial charge in [-0.2, -0.15) is 0 Å². The quantitative estimate of drug-likeness (QED) is 0.791. The molecule has 0 bridgehead atoms. The van der Waals surface area contributed by atoms with Gasteiger partial charge in [-0.1, -0.05) is 43.0 Å². The summed E-state index contributed by atoms with van der Waals surface area (Å²) in [6.45, 7) is 2.06. The second-order valence-corrected chi connectivity index (χ2v) is 4.32. The van der Waals surface area contributed by atoms with Crippen LogP contribution in [0.15, 0.2) is 12.1 Å². The molecule has 0 amide bonds. The maximum atomic E-state index is 13.6. The van der Waals surface area contributed by atoms with Crippen LogP contribution < -0.4 is 5.73 Å². The van der Waals surface area contributed by atoms with Crippen LogP contribution >= 0.6 is 23.2 Å². The van der Waals surface area contributed by atoms with E-state index in [4.69, 9.17) is 28.9 Å². The zero-order valence-corrected chi connectivity index (χ0v) is 10.1. The van der Waals surface area contributed by atoms with Crippen LogP contribution in [0.25, 0.3) is 0 Å². The van der Waals surface area contributed by atoms with E-state index in [9.17, 15) is 4.39 Å². The molecule has 0 fully saturated rings. The van der Waals surface area contributed by atoms with E-state index >= 15 is 0 Å². The molecule has 1 nitrogen and oxygen atoms in total. The summed E-state index contributed by atoms with van der Waals surface area (Å²) in [5.74, 6) is -0.493. The smallest absolute Gasteiger partial charge is 0.148 e. The summed E-state index contributed by atoms with van der Waals surface area (Å²) in [5.41, 5.74) is 6.20. The van der Waals surface area contributed by atoms with Crippen LogP contribution in [0.1, 0.15) is 37.8 Å². The molecule has 15 heavy (non-hydrogen) atoms. The predicted octanol–water partition coefficient (Wildman–Crippen LogP) is 4.32. The highest BCUT2D eigenvalue weighted by molar-refractivity contribution is 6.33. The number of hydrogen-bond donors (Lipinski definition) is 1. The van der Waals surface area contributed by atoms with Crippen molar-refractivity contribution in [1.29, 1.82) is 0 Å². The number of nitrogens with two attached hydrogens (primary N) is 1. The summed E-state index contributed by atoms with van der Waals surface area (Å²) in [4.78, 5) is 0. The zero-order valence-electron chi connectivity index (χ0n) is 8.56. The van der Waals surface area contributed by atoms with E-state index in [1.807, 2.05) is 0 Å². The lowest BCUT2D eigenvalue weighted by molar-refractivity contribution is 0.548. The van der Waals surface area contributed by atoms with E-state index in [0.29, 0.717) is 17.0 Å². The second kappa shape index (κ2) is 5.69. The normalized spacial score (nSPS) is 12.9. The van der Waals surface area contributed by atoms with Gasteiger partial charge >= 0.3 is 0 Å². The Morgan fingerprint density at radius 2 is 1.93 bits per heavy atom. The van der Waals surface area contributed by atoms with Gasteiger partial charge in [-0.15, -0.1) is 0 Å². The molecule has 1 atom stereocenters. The highest BCUT2D eigenvalue weighted by Gasteiger charge is 2.17.